The number of aromatic nitrogens is 1. The minimum Gasteiger partial charge on any atom is -0.494 e. The lowest BCUT2D eigenvalue weighted by Crippen LogP contribution is -2.39. The van der Waals surface area contributed by atoms with Gasteiger partial charge in [0, 0.05) is 4.88 Å². The Hall–Kier alpha value is -2.97. The number of hydrogen-bond donors (Lipinski definition) is 0. The Bertz CT molecular complexity index is 1350. The van der Waals surface area contributed by atoms with Crippen LogP contribution >= 0.6 is 22.7 Å². The van der Waals surface area contributed by atoms with Crippen LogP contribution in [0.2, 0.25) is 0 Å². The summed E-state index contributed by atoms with van der Waals surface area (Å²) in [6.45, 7) is 6.70. The molecular formula is C26H28N2O4S2. The van der Waals surface area contributed by atoms with Crippen LogP contribution < -0.4 is 19.6 Å². The number of allylic oxidation sites excluding steroid dienone is 1. The molecule has 8 heteroatoms. The number of fused-ring (bicyclic) bond motifs is 1. The van der Waals surface area contributed by atoms with E-state index < -0.39 is 12.0 Å². The molecular weight excluding hydrogens is 468 g/mol. The molecule has 0 N–H and O–H groups in total. The third kappa shape index (κ3) is 5.08. The predicted molar refractivity (Wildman–Crippen MR) is 136 cm³/mol. The number of thiophene rings is 1. The van der Waals surface area contributed by atoms with Crippen molar-refractivity contribution >= 4 is 34.7 Å². The van der Waals surface area contributed by atoms with Gasteiger partial charge in [-0.15, -0.1) is 11.3 Å². The molecule has 0 amide bonds. The Balaban J connectivity index is 1.70. The van der Waals surface area contributed by atoms with Gasteiger partial charge in [0.2, 0.25) is 0 Å². The molecule has 0 saturated heterocycles. The number of ether oxygens (including phenoxy) is 2. The first-order valence-corrected chi connectivity index (χ1v) is 13.2. The topological polar surface area (TPSA) is 69.9 Å². The summed E-state index contributed by atoms with van der Waals surface area (Å²) in [5.74, 6) is 0.382. The molecule has 1 atom stereocenters. The molecule has 178 valence electrons. The van der Waals surface area contributed by atoms with Crippen LogP contribution in [0.25, 0.3) is 6.08 Å². The number of carbonyl (C=O) groups is 1. The van der Waals surface area contributed by atoms with Crippen LogP contribution in [0, 0.1) is 0 Å². The zero-order valence-corrected chi connectivity index (χ0v) is 21.2. The van der Waals surface area contributed by atoms with E-state index in [0.29, 0.717) is 27.2 Å². The van der Waals surface area contributed by atoms with Crippen molar-refractivity contribution in [2.45, 2.75) is 46.1 Å². The van der Waals surface area contributed by atoms with E-state index in [1.165, 1.54) is 22.7 Å². The molecule has 3 heterocycles. The molecule has 0 fully saturated rings. The summed E-state index contributed by atoms with van der Waals surface area (Å²) < 4.78 is 13.3. The second-order valence-electron chi connectivity index (χ2n) is 7.94. The summed E-state index contributed by atoms with van der Waals surface area (Å²) in [7, 11) is 0. The van der Waals surface area contributed by atoms with Gasteiger partial charge < -0.3 is 9.47 Å². The predicted octanol–water partition coefficient (Wildman–Crippen LogP) is 4.43. The minimum atomic E-state index is -0.545. The van der Waals surface area contributed by atoms with Gasteiger partial charge in [0.15, 0.2) is 4.80 Å². The molecule has 2 aromatic heterocycles. The van der Waals surface area contributed by atoms with E-state index in [0.717, 1.165) is 35.5 Å². The SMILES string of the molecule is CCCCCOc1ccc(/C=c2/sc3n(c2=O)[C@@H](c2cccs2)C(C(=O)OCC)=C(C)N=3)cc1. The first kappa shape index (κ1) is 24.2. The van der Waals surface area contributed by atoms with E-state index in [9.17, 15) is 9.59 Å². The van der Waals surface area contributed by atoms with Crippen molar-refractivity contribution in [1.82, 2.24) is 4.57 Å². The van der Waals surface area contributed by atoms with Crippen molar-refractivity contribution < 1.29 is 14.3 Å². The molecule has 1 aromatic carbocycles. The van der Waals surface area contributed by atoms with Crippen LogP contribution in [0.4, 0.5) is 0 Å². The fourth-order valence-corrected chi connectivity index (χ4v) is 5.73. The molecule has 1 aliphatic heterocycles. The van der Waals surface area contributed by atoms with E-state index >= 15 is 0 Å². The lowest BCUT2D eigenvalue weighted by molar-refractivity contribution is -0.139. The van der Waals surface area contributed by atoms with Crippen LogP contribution in [0.3, 0.4) is 0 Å². The van der Waals surface area contributed by atoms with Crippen molar-refractivity contribution in [3.8, 4) is 5.75 Å². The Morgan fingerprint density at radius 3 is 2.65 bits per heavy atom. The summed E-state index contributed by atoms with van der Waals surface area (Å²) in [5, 5.41) is 1.94. The van der Waals surface area contributed by atoms with Gasteiger partial charge in [0.25, 0.3) is 5.56 Å². The highest BCUT2D eigenvalue weighted by Gasteiger charge is 2.33. The largest absolute Gasteiger partial charge is 0.494 e. The number of hydrogen-bond acceptors (Lipinski definition) is 7. The summed E-state index contributed by atoms with van der Waals surface area (Å²) in [4.78, 5) is 32.4. The monoisotopic (exact) mass is 496 g/mol. The summed E-state index contributed by atoms with van der Waals surface area (Å²) in [6.07, 6.45) is 5.22. The normalized spacial score (nSPS) is 15.7. The van der Waals surface area contributed by atoms with Crippen LogP contribution in [0.1, 0.15) is 56.5 Å². The highest BCUT2D eigenvalue weighted by Crippen LogP contribution is 2.33. The average molecular weight is 497 g/mol. The number of unbranched alkanes of at least 4 members (excludes halogenated alkanes) is 2. The van der Waals surface area contributed by atoms with Crippen molar-refractivity contribution in [2.24, 2.45) is 4.99 Å². The fraction of sp³-hybridized carbons (Fsp3) is 0.346. The Morgan fingerprint density at radius 2 is 1.97 bits per heavy atom. The van der Waals surface area contributed by atoms with Gasteiger partial charge in [0.1, 0.15) is 11.8 Å². The molecule has 0 bridgehead atoms. The molecule has 0 radical (unpaired) electrons. The first-order chi connectivity index (χ1) is 16.5. The third-order valence-corrected chi connectivity index (χ3v) is 7.43. The maximum atomic E-state index is 13.5. The molecule has 6 nitrogen and oxygen atoms in total. The number of benzene rings is 1. The van der Waals surface area contributed by atoms with Crippen LogP contribution in [0.5, 0.6) is 5.75 Å². The Morgan fingerprint density at radius 1 is 1.18 bits per heavy atom. The van der Waals surface area contributed by atoms with Crippen LogP contribution in [-0.4, -0.2) is 23.8 Å². The Labute approximate surface area is 206 Å². The van der Waals surface area contributed by atoms with Gasteiger partial charge in [-0.2, -0.15) is 0 Å². The third-order valence-electron chi connectivity index (χ3n) is 5.52. The molecule has 0 aliphatic carbocycles. The van der Waals surface area contributed by atoms with Crippen LogP contribution in [-0.2, 0) is 9.53 Å². The van der Waals surface area contributed by atoms with E-state index in [2.05, 4.69) is 11.9 Å². The Kier molecular flexibility index (Phi) is 7.80. The zero-order chi connectivity index (χ0) is 24.1. The number of carbonyl (C=O) groups excluding carboxylic acids is 1. The first-order valence-electron chi connectivity index (χ1n) is 11.5. The highest BCUT2D eigenvalue weighted by atomic mass is 32.1. The maximum absolute atomic E-state index is 13.5. The lowest BCUT2D eigenvalue weighted by atomic mass is 10.0. The molecule has 0 unspecified atom stereocenters. The number of rotatable bonds is 9. The zero-order valence-electron chi connectivity index (χ0n) is 19.6. The second-order valence-corrected chi connectivity index (χ2v) is 9.93. The standard InChI is InChI=1S/C26H28N2O4S2/c1-4-6-7-14-32-19-12-10-18(11-13-19)16-21-24(29)28-23(20-9-8-15-33-20)22(25(30)31-5-2)17(3)27-26(28)34-21/h8-13,15-16,23H,4-7,14H2,1-3H3/b21-16+/t23-/m0/s1. The fourth-order valence-electron chi connectivity index (χ4n) is 3.86. The smallest absolute Gasteiger partial charge is 0.338 e. The lowest BCUT2D eigenvalue weighted by Gasteiger charge is -2.23. The van der Waals surface area contributed by atoms with Gasteiger partial charge >= 0.3 is 5.97 Å². The van der Waals surface area contributed by atoms with E-state index in [-0.39, 0.29) is 12.2 Å². The van der Waals surface area contributed by atoms with Crippen molar-refractivity contribution in [3.63, 3.8) is 0 Å². The number of nitrogens with zero attached hydrogens (tertiary/aromatic N) is 2. The number of esters is 1. The number of thiazole rings is 1. The van der Waals surface area contributed by atoms with Crippen molar-refractivity contribution in [3.05, 3.63) is 83.2 Å². The summed E-state index contributed by atoms with van der Waals surface area (Å²) in [5.41, 5.74) is 1.72. The van der Waals surface area contributed by atoms with E-state index in [1.807, 2.05) is 47.9 Å². The second kappa shape index (κ2) is 11.0. The summed E-state index contributed by atoms with van der Waals surface area (Å²) in [6, 6.07) is 11.0. The highest BCUT2D eigenvalue weighted by molar-refractivity contribution is 7.10. The van der Waals surface area contributed by atoms with E-state index in [4.69, 9.17) is 9.47 Å². The van der Waals surface area contributed by atoms with Crippen molar-refractivity contribution in [2.75, 3.05) is 13.2 Å². The van der Waals surface area contributed by atoms with E-state index in [1.54, 1.807) is 18.4 Å². The van der Waals surface area contributed by atoms with Gasteiger partial charge in [-0.1, -0.05) is 49.3 Å². The molecule has 4 rings (SSSR count). The van der Waals surface area contributed by atoms with Gasteiger partial charge in [-0.25, -0.2) is 9.79 Å². The molecule has 3 aromatic rings. The van der Waals surface area contributed by atoms with Crippen molar-refractivity contribution in [1.29, 1.82) is 0 Å². The maximum Gasteiger partial charge on any atom is 0.338 e. The van der Waals surface area contributed by atoms with Gasteiger partial charge in [-0.3, -0.25) is 9.36 Å². The minimum absolute atomic E-state index is 0.170. The van der Waals surface area contributed by atoms with Gasteiger partial charge in [-0.05, 0) is 55.5 Å². The summed E-state index contributed by atoms with van der Waals surface area (Å²) >= 11 is 2.83. The quantitative estimate of drug-likeness (QED) is 0.325. The van der Waals surface area contributed by atoms with Gasteiger partial charge in [0.05, 0.1) is 29.0 Å². The molecule has 0 spiro atoms. The molecule has 0 saturated carbocycles. The average Bonchev–Trinajstić information content (AvgIpc) is 3.46. The van der Waals surface area contributed by atoms with Crippen LogP contribution in [0.15, 0.2) is 62.8 Å². The molecule has 1 aliphatic rings. The molecule has 34 heavy (non-hydrogen) atoms.